The van der Waals surface area contributed by atoms with Gasteiger partial charge in [-0.2, -0.15) is 0 Å². The zero-order chi connectivity index (χ0) is 23.3. The summed E-state index contributed by atoms with van der Waals surface area (Å²) >= 11 is 0. The summed E-state index contributed by atoms with van der Waals surface area (Å²) in [6, 6.07) is 15.3. The Morgan fingerprint density at radius 1 is 1.03 bits per heavy atom. The molecule has 0 radical (unpaired) electrons. The van der Waals surface area contributed by atoms with Crippen molar-refractivity contribution < 1.29 is 13.9 Å². The minimum atomic E-state index is -0.257. The highest BCUT2D eigenvalue weighted by atomic mass is 19.1. The Morgan fingerprint density at radius 2 is 1.59 bits per heavy atom. The van der Waals surface area contributed by atoms with E-state index < -0.39 is 0 Å². The van der Waals surface area contributed by atoms with Crippen LogP contribution in [0.25, 0.3) is 0 Å². The van der Waals surface area contributed by atoms with Gasteiger partial charge >= 0.3 is 0 Å². The van der Waals surface area contributed by atoms with Crippen LogP contribution in [0.15, 0.2) is 48.5 Å². The fourth-order valence-electron chi connectivity index (χ4n) is 4.36. The van der Waals surface area contributed by atoms with Crippen molar-refractivity contribution in [3.05, 3.63) is 65.5 Å². The summed E-state index contributed by atoms with van der Waals surface area (Å²) in [4.78, 5) is 17.9. The Balaban J connectivity index is 1.74. The second kappa shape index (κ2) is 11.0. The lowest BCUT2D eigenvalue weighted by atomic mass is 9.91. The molecule has 2 aromatic carbocycles. The largest absolute Gasteiger partial charge is 0.493 e. The van der Waals surface area contributed by atoms with Crippen LogP contribution in [0.2, 0.25) is 0 Å². The monoisotopic (exact) mass is 440 g/mol. The topological polar surface area (TPSA) is 32.8 Å². The molecule has 0 saturated carbocycles. The van der Waals surface area contributed by atoms with Crippen molar-refractivity contribution in [3.63, 3.8) is 0 Å². The SMILES string of the molecule is CC(C)COc1ccc(CC(=O)N(Cc2ccc(F)cc2)C2CC(C)N(C)C(C)C2)cc1. The molecular weight excluding hydrogens is 403 g/mol. The van der Waals surface area contributed by atoms with Gasteiger partial charge in [-0.05, 0) is 75.0 Å². The number of carbonyl (C=O) groups excluding carboxylic acids is 1. The molecule has 1 amide bonds. The van der Waals surface area contributed by atoms with Crippen LogP contribution in [0.1, 0.15) is 51.7 Å². The molecule has 1 heterocycles. The molecule has 2 aromatic rings. The standard InChI is InChI=1S/C27H37FN2O2/c1-19(2)18-32-26-12-8-22(9-13-26)16-27(31)30(17-23-6-10-24(28)11-7-23)25-14-20(3)29(5)21(4)15-25/h6-13,19-21,25H,14-18H2,1-5H3. The van der Waals surface area contributed by atoms with Gasteiger partial charge in [0.15, 0.2) is 0 Å². The fourth-order valence-corrected chi connectivity index (χ4v) is 4.36. The van der Waals surface area contributed by atoms with Gasteiger partial charge in [0, 0.05) is 24.7 Å². The van der Waals surface area contributed by atoms with Gasteiger partial charge in [0.2, 0.25) is 5.91 Å². The van der Waals surface area contributed by atoms with Crippen LogP contribution in [0.5, 0.6) is 5.75 Å². The van der Waals surface area contributed by atoms with E-state index in [-0.39, 0.29) is 17.8 Å². The number of ether oxygens (including phenoxy) is 1. The minimum absolute atomic E-state index is 0.110. The van der Waals surface area contributed by atoms with Crippen molar-refractivity contribution in [1.29, 1.82) is 0 Å². The molecule has 0 aliphatic carbocycles. The predicted molar refractivity (Wildman–Crippen MR) is 127 cm³/mol. The van der Waals surface area contributed by atoms with Crippen molar-refractivity contribution in [3.8, 4) is 5.75 Å². The number of halogens is 1. The van der Waals surface area contributed by atoms with Gasteiger partial charge in [-0.3, -0.25) is 4.79 Å². The van der Waals surface area contributed by atoms with Gasteiger partial charge in [-0.25, -0.2) is 4.39 Å². The Kier molecular flexibility index (Phi) is 8.30. The van der Waals surface area contributed by atoms with Crippen LogP contribution >= 0.6 is 0 Å². The van der Waals surface area contributed by atoms with Crippen molar-refractivity contribution in [2.24, 2.45) is 5.92 Å². The van der Waals surface area contributed by atoms with Crippen LogP contribution in [0, 0.1) is 11.7 Å². The van der Waals surface area contributed by atoms with E-state index >= 15 is 0 Å². The Hall–Kier alpha value is -2.40. The van der Waals surface area contributed by atoms with E-state index in [1.165, 1.54) is 12.1 Å². The molecule has 4 nitrogen and oxygen atoms in total. The molecule has 0 aromatic heterocycles. The van der Waals surface area contributed by atoms with Gasteiger partial charge in [-0.15, -0.1) is 0 Å². The average molecular weight is 441 g/mol. The maximum absolute atomic E-state index is 13.5. The third-order valence-electron chi connectivity index (χ3n) is 6.51. The Labute approximate surface area is 192 Å². The summed E-state index contributed by atoms with van der Waals surface area (Å²) in [5.74, 6) is 1.15. The summed E-state index contributed by atoms with van der Waals surface area (Å²) in [6.45, 7) is 9.86. The summed E-state index contributed by atoms with van der Waals surface area (Å²) < 4.78 is 19.2. The molecule has 0 spiro atoms. The second-order valence-electron chi connectivity index (χ2n) is 9.66. The van der Waals surface area contributed by atoms with Crippen LogP contribution in [0.3, 0.4) is 0 Å². The maximum Gasteiger partial charge on any atom is 0.227 e. The van der Waals surface area contributed by atoms with E-state index in [0.717, 1.165) is 29.7 Å². The number of rotatable bonds is 8. The van der Waals surface area contributed by atoms with Crippen molar-refractivity contribution in [2.45, 2.75) is 71.6 Å². The molecule has 32 heavy (non-hydrogen) atoms. The summed E-state index contributed by atoms with van der Waals surface area (Å²) in [6.07, 6.45) is 2.23. The van der Waals surface area contributed by atoms with Crippen molar-refractivity contribution >= 4 is 5.91 Å². The number of carbonyl (C=O) groups is 1. The lowest BCUT2D eigenvalue weighted by Gasteiger charge is -2.44. The molecule has 5 heteroatoms. The van der Waals surface area contributed by atoms with E-state index in [0.29, 0.717) is 37.6 Å². The molecule has 1 saturated heterocycles. The normalized spacial score (nSPS) is 21.5. The highest BCUT2D eigenvalue weighted by Crippen LogP contribution is 2.27. The first-order valence-electron chi connectivity index (χ1n) is 11.7. The smallest absolute Gasteiger partial charge is 0.227 e. The average Bonchev–Trinajstić information content (AvgIpc) is 2.76. The molecule has 174 valence electrons. The lowest BCUT2D eigenvalue weighted by molar-refractivity contribution is -0.135. The number of hydrogen-bond acceptors (Lipinski definition) is 3. The van der Waals surface area contributed by atoms with Gasteiger partial charge in [0.1, 0.15) is 11.6 Å². The highest BCUT2D eigenvalue weighted by Gasteiger charge is 2.33. The van der Waals surface area contributed by atoms with E-state index in [1.807, 2.05) is 29.2 Å². The summed E-state index contributed by atoms with van der Waals surface area (Å²) in [7, 11) is 2.15. The molecule has 2 unspecified atom stereocenters. The number of piperidine rings is 1. The van der Waals surface area contributed by atoms with Gasteiger partial charge < -0.3 is 14.5 Å². The number of benzene rings is 2. The van der Waals surface area contributed by atoms with Crippen molar-refractivity contribution in [1.82, 2.24) is 9.80 Å². The molecule has 1 fully saturated rings. The first-order valence-corrected chi connectivity index (χ1v) is 11.7. The molecule has 0 N–H and O–H groups in total. The highest BCUT2D eigenvalue weighted by molar-refractivity contribution is 5.79. The molecule has 2 atom stereocenters. The summed E-state index contributed by atoms with van der Waals surface area (Å²) in [5, 5.41) is 0. The third-order valence-corrected chi connectivity index (χ3v) is 6.51. The second-order valence-corrected chi connectivity index (χ2v) is 9.66. The first kappa shape index (κ1) is 24.2. The number of hydrogen-bond donors (Lipinski definition) is 0. The van der Waals surface area contributed by atoms with Crippen molar-refractivity contribution in [2.75, 3.05) is 13.7 Å². The first-order chi connectivity index (χ1) is 15.2. The van der Waals surface area contributed by atoms with E-state index in [1.54, 1.807) is 12.1 Å². The van der Waals surface area contributed by atoms with Crippen LogP contribution < -0.4 is 4.74 Å². The fraction of sp³-hybridized carbons (Fsp3) is 0.519. The maximum atomic E-state index is 13.5. The molecule has 1 aliphatic heterocycles. The van der Waals surface area contributed by atoms with Gasteiger partial charge in [0.05, 0.1) is 13.0 Å². The van der Waals surface area contributed by atoms with E-state index in [9.17, 15) is 9.18 Å². The number of likely N-dealkylation sites (tertiary alicyclic amines) is 1. The summed E-state index contributed by atoms with van der Waals surface area (Å²) in [5.41, 5.74) is 1.93. The van der Waals surface area contributed by atoms with Crippen LogP contribution in [0.4, 0.5) is 4.39 Å². The minimum Gasteiger partial charge on any atom is -0.493 e. The quantitative estimate of drug-likeness (QED) is 0.558. The van der Waals surface area contributed by atoms with E-state index in [4.69, 9.17) is 4.74 Å². The van der Waals surface area contributed by atoms with Gasteiger partial charge in [-0.1, -0.05) is 38.1 Å². The Bertz CT molecular complexity index is 854. The molecule has 0 bridgehead atoms. The van der Waals surface area contributed by atoms with Crippen LogP contribution in [-0.4, -0.2) is 47.5 Å². The zero-order valence-corrected chi connectivity index (χ0v) is 20.1. The molecule has 1 aliphatic rings. The Morgan fingerprint density at radius 3 is 2.16 bits per heavy atom. The van der Waals surface area contributed by atoms with Crippen LogP contribution in [-0.2, 0) is 17.8 Å². The molecule has 3 rings (SSSR count). The number of nitrogens with zero attached hydrogens (tertiary/aromatic N) is 2. The lowest BCUT2D eigenvalue weighted by Crippen LogP contribution is -2.53. The number of amides is 1. The third kappa shape index (κ3) is 6.55. The van der Waals surface area contributed by atoms with Gasteiger partial charge in [0.25, 0.3) is 0 Å². The zero-order valence-electron chi connectivity index (χ0n) is 20.1. The predicted octanol–water partition coefficient (Wildman–Crippen LogP) is 5.30. The van der Waals surface area contributed by atoms with E-state index in [2.05, 4.69) is 39.6 Å². The molecular formula is C27H37FN2O2.